The van der Waals surface area contributed by atoms with E-state index in [1.807, 2.05) is 47.9 Å². The minimum absolute atomic E-state index is 0.0170. The maximum Gasteiger partial charge on any atom is 0.216 e. The van der Waals surface area contributed by atoms with Gasteiger partial charge in [0.25, 0.3) is 0 Å². The van der Waals surface area contributed by atoms with Crippen LogP contribution in [0.4, 0.5) is 11.4 Å². The molecule has 0 radical (unpaired) electrons. The Labute approximate surface area is 259 Å². The summed E-state index contributed by atoms with van der Waals surface area (Å²) in [5.74, 6) is 0. The first-order valence-electron chi connectivity index (χ1n) is 13.5. The molecule has 0 aromatic heterocycles. The fourth-order valence-corrected chi connectivity index (χ4v) is 7.22. The zero-order valence-electron chi connectivity index (χ0n) is 25.3. The van der Waals surface area contributed by atoms with E-state index in [1.54, 1.807) is 64.6 Å². The summed E-state index contributed by atoms with van der Waals surface area (Å²) in [6, 6.07) is 23.5. The zero-order chi connectivity index (χ0) is 32.4. The van der Waals surface area contributed by atoms with Crippen LogP contribution in [-0.2, 0) is 19.7 Å². The van der Waals surface area contributed by atoms with E-state index < -0.39 is 29.5 Å². The average molecular weight is 625 g/mol. The van der Waals surface area contributed by atoms with Crippen LogP contribution in [0.2, 0.25) is 0 Å². The molecular formula is C34H32N4O4S2. The number of benzene rings is 4. The maximum absolute atomic E-state index is 13.4. The van der Waals surface area contributed by atoms with Crippen molar-refractivity contribution < 1.29 is 16.8 Å². The lowest BCUT2D eigenvalue weighted by atomic mass is 9.97. The third-order valence-corrected chi connectivity index (χ3v) is 10.5. The van der Waals surface area contributed by atoms with Crippen molar-refractivity contribution in [2.24, 2.45) is 0 Å². The minimum Gasteiger partial charge on any atom is -0.377 e. The van der Waals surface area contributed by atoms with E-state index >= 15 is 0 Å². The molecule has 0 saturated carbocycles. The van der Waals surface area contributed by atoms with Gasteiger partial charge in [-0.1, -0.05) is 59.7 Å². The highest BCUT2D eigenvalue weighted by molar-refractivity contribution is 7.96. The van der Waals surface area contributed by atoms with Crippen LogP contribution in [0.15, 0.2) is 92.4 Å². The molecule has 0 heterocycles. The molecule has 0 aliphatic carbocycles. The first-order valence-corrected chi connectivity index (χ1v) is 16.5. The molecular weight excluding hydrogens is 593 g/mol. The molecule has 4 aromatic rings. The first kappa shape index (κ1) is 32.0. The van der Waals surface area contributed by atoms with Gasteiger partial charge in [0.15, 0.2) is 0 Å². The standard InChI is InChI=1S/C34H32N4O4S2/c1-23-7-15-28(16-8-23)43(39,40)30(21-35)19-26-13-11-25-12-14-27(34(38(5)6)32(25)33(26)37(3)4)20-31(22-36)44(41,42)29-17-9-24(2)10-18-29/h7-20H,1-6H3/b30-19-,31-20-. The van der Waals surface area contributed by atoms with Gasteiger partial charge in [0.1, 0.15) is 21.9 Å². The second-order valence-corrected chi connectivity index (χ2v) is 14.6. The van der Waals surface area contributed by atoms with Gasteiger partial charge < -0.3 is 9.80 Å². The second-order valence-electron chi connectivity index (χ2n) is 10.8. The van der Waals surface area contributed by atoms with Gasteiger partial charge >= 0.3 is 0 Å². The van der Waals surface area contributed by atoms with Crippen LogP contribution >= 0.6 is 0 Å². The highest BCUT2D eigenvalue weighted by Gasteiger charge is 2.25. The van der Waals surface area contributed by atoms with E-state index in [0.29, 0.717) is 27.9 Å². The molecule has 10 heteroatoms. The van der Waals surface area contributed by atoms with Gasteiger partial charge in [-0.2, -0.15) is 10.5 Å². The molecule has 0 bridgehead atoms. The van der Waals surface area contributed by atoms with Crippen LogP contribution in [-0.4, -0.2) is 45.0 Å². The highest BCUT2D eigenvalue weighted by atomic mass is 32.2. The molecule has 4 aromatic carbocycles. The van der Waals surface area contributed by atoms with Gasteiger partial charge in [-0.25, -0.2) is 16.8 Å². The summed E-state index contributed by atoms with van der Waals surface area (Å²) in [7, 11) is -0.994. The Balaban J connectivity index is 2.00. The van der Waals surface area contributed by atoms with E-state index in [0.717, 1.165) is 16.5 Å². The quantitative estimate of drug-likeness (QED) is 0.210. The number of rotatable bonds is 8. The maximum atomic E-state index is 13.4. The van der Waals surface area contributed by atoms with Crippen LogP contribution in [0.5, 0.6) is 0 Å². The number of nitriles is 2. The summed E-state index contributed by atoms with van der Waals surface area (Å²) in [5, 5.41) is 21.4. The third kappa shape index (κ3) is 6.09. The van der Waals surface area contributed by atoms with Crippen LogP contribution in [0.1, 0.15) is 22.3 Å². The summed E-state index contributed by atoms with van der Waals surface area (Å²) in [6.45, 7) is 3.69. The Morgan fingerprint density at radius 1 is 0.591 bits per heavy atom. The van der Waals surface area contributed by atoms with Gasteiger partial charge in [-0.15, -0.1) is 0 Å². The fraction of sp³-hybridized carbons (Fsp3) is 0.176. The van der Waals surface area contributed by atoms with E-state index in [4.69, 9.17) is 0 Å². The van der Waals surface area contributed by atoms with Gasteiger partial charge in [-0.05, 0) is 55.7 Å². The highest BCUT2D eigenvalue weighted by Crippen LogP contribution is 2.41. The normalized spacial score (nSPS) is 12.5. The molecule has 8 nitrogen and oxygen atoms in total. The summed E-state index contributed by atoms with van der Waals surface area (Å²) >= 11 is 0. The fourth-order valence-electron chi connectivity index (χ4n) is 4.92. The number of aryl methyl sites for hydroxylation is 2. The van der Waals surface area contributed by atoms with Crippen molar-refractivity contribution in [2.75, 3.05) is 38.0 Å². The van der Waals surface area contributed by atoms with Crippen LogP contribution in [0.3, 0.4) is 0 Å². The van der Waals surface area contributed by atoms with E-state index in [-0.39, 0.29) is 9.79 Å². The van der Waals surface area contributed by atoms with Crippen molar-refractivity contribution in [2.45, 2.75) is 23.6 Å². The molecule has 0 aliphatic rings. The van der Waals surface area contributed by atoms with Crippen molar-refractivity contribution in [1.29, 1.82) is 10.5 Å². The van der Waals surface area contributed by atoms with Crippen molar-refractivity contribution >= 4 is 54.0 Å². The summed E-state index contributed by atoms with van der Waals surface area (Å²) in [4.78, 5) is 2.84. The molecule has 0 unspecified atom stereocenters. The number of hydrogen-bond acceptors (Lipinski definition) is 8. The Bertz CT molecular complexity index is 1960. The molecule has 0 amide bonds. The zero-order valence-corrected chi connectivity index (χ0v) is 27.0. The second kappa shape index (κ2) is 12.4. The van der Waals surface area contributed by atoms with E-state index in [1.165, 1.54) is 36.4 Å². The van der Waals surface area contributed by atoms with Crippen LogP contribution in [0, 0.1) is 36.5 Å². The molecule has 0 N–H and O–H groups in total. The molecule has 0 fully saturated rings. The lowest BCUT2D eigenvalue weighted by molar-refractivity contribution is 0.601. The van der Waals surface area contributed by atoms with E-state index in [9.17, 15) is 27.4 Å². The Kier molecular flexibility index (Phi) is 9.01. The summed E-state index contributed by atoms with van der Waals surface area (Å²) < 4.78 is 53.7. The molecule has 0 saturated heterocycles. The molecule has 0 atom stereocenters. The van der Waals surface area contributed by atoms with Gasteiger partial charge in [0, 0.05) is 44.7 Å². The molecule has 224 valence electrons. The number of hydrogen-bond donors (Lipinski definition) is 0. The topological polar surface area (TPSA) is 122 Å². The lowest BCUT2D eigenvalue weighted by Crippen LogP contribution is -2.16. The predicted octanol–water partition coefficient (Wildman–Crippen LogP) is 6.27. The Morgan fingerprint density at radius 3 is 1.23 bits per heavy atom. The largest absolute Gasteiger partial charge is 0.377 e. The van der Waals surface area contributed by atoms with E-state index in [2.05, 4.69) is 0 Å². The Hall–Kier alpha value is -4.90. The van der Waals surface area contributed by atoms with Gasteiger partial charge in [0.05, 0.1) is 21.2 Å². The van der Waals surface area contributed by atoms with Gasteiger partial charge in [-0.3, -0.25) is 0 Å². The number of fused-ring (bicyclic) bond motifs is 1. The molecule has 44 heavy (non-hydrogen) atoms. The number of sulfone groups is 2. The molecule has 0 spiro atoms. The van der Waals surface area contributed by atoms with Crippen LogP contribution in [0.25, 0.3) is 22.9 Å². The summed E-state index contributed by atoms with van der Waals surface area (Å²) in [5.41, 5.74) is 3.98. The van der Waals surface area contributed by atoms with Crippen molar-refractivity contribution in [3.05, 3.63) is 105 Å². The Morgan fingerprint density at radius 2 is 0.932 bits per heavy atom. The SMILES string of the molecule is Cc1ccc(S(=O)(=O)/C(C#N)=C\c2ccc3ccc(/C=C(/C#N)S(=O)(=O)c4ccc(C)cc4)c(N(C)C)c3c2N(C)C)cc1. The smallest absolute Gasteiger partial charge is 0.216 e. The average Bonchev–Trinajstić information content (AvgIpc) is 2.97. The van der Waals surface area contributed by atoms with Crippen molar-refractivity contribution in [1.82, 2.24) is 0 Å². The van der Waals surface area contributed by atoms with Crippen molar-refractivity contribution in [3.63, 3.8) is 0 Å². The molecule has 4 rings (SSSR count). The number of anilines is 2. The lowest BCUT2D eigenvalue weighted by Gasteiger charge is -2.25. The minimum atomic E-state index is -4.10. The van der Waals surface area contributed by atoms with Crippen molar-refractivity contribution in [3.8, 4) is 12.1 Å². The molecule has 0 aliphatic heterocycles. The summed E-state index contributed by atoms with van der Waals surface area (Å²) in [6.07, 6.45) is 2.71. The monoisotopic (exact) mass is 624 g/mol. The van der Waals surface area contributed by atoms with Gasteiger partial charge in [0.2, 0.25) is 19.7 Å². The number of nitrogens with zero attached hydrogens (tertiary/aromatic N) is 4. The predicted molar refractivity (Wildman–Crippen MR) is 177 cm³/mol. The van der Waals surface area contributed by atoms with Crippen LogP contribution < -0.4 is 9.80 Å². The third-order valence-electron chi connectivity index (χ3n) is 7.12. The first-order chi connectivity index (χ1) is 20.7. The number of allylic oxidation sites excluding steroid dienone is 2.